The molecule has 0 spiro atoms. The average Bonchev–Trinajstić information content (AvgIpc) is 2.47. The summed E-state index contributed by atoms with van der Waals surface area (Å²) in [6, 6.07) is 13.7. The average molecular weight is 337 g/mol. The Morgan fingerprint density at radius 2 is 1.80 bits per heavy atom. The van der Waals surface area contributed by atoms with Crippen LogP contribution < -0.4 is 9.47 Å². The summed E-state index contributed by atoms with van der Waals surface area (Å²) in [7, 11) is 3.34. The molecule has 0 heterocycles. The van der Waals surface area contributed by atoms with Crippen molar-refractivity contribution in [3.05, 3.63) is 58.1 Å². The molecule has 0 saturated carbocycles. The Morgan fingerprint density at radius 3 is 2.55 bits per heavy atom. The normalized spacial score (nSPS) is 10.3. The number of methoxy groups -OCH3 is 2. The lowest BCUT2D eigenvalue weighted by molar-refractivity contribution is 0.184. The standard InChI is InChI=1S/C16H17BrO3/c1-18-10-12-4-3-5-15(8-12)20-11-13-9-14(19-2)6-7-16(13)17/h3-9H,10-11H2,1-2H3. The highest BCUT2D eigenvalue weighted by Crippen LogP contribution is 2.24. The van der Waals surface area contributed by atoms with Crippen LogP contribution in [0.5, 0.6) is 11.5 Å². The highest BCUT2D eigenvalue weighted by atomic mass is 79.9. The van der Waals surface area contributed by atoms with Crippen LogP contribution in [-0.2, 0) is 18.0 Å². The number of hydrogen-bond acceptors (Lipinski definition) is 3. The zero-order valence-corrected chi connectivity index (χ0v) is 13.1. The van der Waals surface area contributed by atoms with Crippen molar-refractivity contribution in [3.8, 4) is 11.5 Å². The second kappa shape index (κ2) is 7.31. The number of hydrogen-bond donors (Lipinski definition) is 0. The number of benzene rings is 2. The predicted octanol–water partition coefficient (Wildman–Crippen LogP) is 4.18. The first kappa shape index (κ1) is 14.9. The smallest absolute Gasteiger partial charge is 0.120 e. The Bertz CT molecular complexity index is 569. The van der Waals surface area contributed by atoms with Crippen LogP contribution in [0.4, 0.5) is 0 Å². The molecule has 0 aliphatic carbocycles. The highest BCUT2D eigenvalue weighted by molar-refractivity contribution is 9.10. The van der Waals surface area contributed by atoms with E-state index in [1.807, 2.05) is 42.5 Å². The monoisotopic (exact) mass is 336 g/mol. The maximum Gasteiger partial charge on any atom is 0.120 e. The van der Waals surface area contributed by atoms with Gasteiger partial charge in [-0.25, -0.2) is 0 Å². The third kappa shape index (κ3) is 3.99. The summed E-state index contributed by atoms with van der Waals surface area (Å²) in [5, 5.41) is 0. The molecule has 0 atom stereocenters. The van der Waals surface area contributed by atoms with Crippen LogP contribution in [0, 0.1) is 0 Å². The van der Waals surface area contributed by atoms with Crippen LogP contribution in [0.15, 0.2) is 46.9 Å². The van der Waals surface area contributed by atoms with E-state index in [0.717, 1.165) is 27.1 Å². The molecule has 0 unspecified atom stereocenters. The van der Waals surface area contributed by atoms with Crippen LogP contribution in [0.25, 0.3) is 0 Å². The third-order valence-electron chi connectivity index (χ3n) is 2.86. The molecule has 2 rings (SSSR count). The van der Waals surface area contributed by atoms with Gasteiger partial charge in [0.25, 0.3) is 0 Å². The summed E-state index contributed by atoms with van der Waals surface area (Å²) in [5.41, 5.74) is 2.14. The number of ether oxygens (including phenoxy) is 3. The van der Waals surface area contributed by atoms with Gasteiger partial charge in [0.1, 0.15) is 18.1 Å². The van der Waals surface area contributed by atoms with Gasteiger partial charge in [-0.2, -0.15) is 0 Å². The molecule has 3 nitrogen and oxygen atoms in total. The summed E-state index contributed by atoms with van der Waals surface area (Å²) < 4.78 is 17.2. The molecule has 20 heavy (non-hydrogen) atoms. The van der Waals surface area contributed by atoms with Crippen molar-refractivity contribution in [1.29, 1.82) is 0 Å². The number of halogens is 1. The SMILES string of the molecule is COCc1cccc(OCc2cc(OC)ccc2Br)c1. The first-order valence-corrected chi connectivity index (χ1v) is 7.05. The molecule has 0 aliphatic rings. The molecule has 0 N–H and O–H groups in total. The fraction of sp³-hybridized carbons (Fsp3) is 0.250. The van der Waals surface area contributed by atoms with Crippen molar-refractivity contribution >= 4 is 15.9 Å². The molecule has 0 aromatic heterocycles. The molecule has 106 valence electrons. The Balaban J connectivity index is 2.06. The predicted molar refractivity (Wildman–Crippen MR) is 82.2 cm³/mol. The molecule has 0 fully saturated rings. The summed E-state index contributed by atoms with van der Waals surface area (Å²) >= 11 is 3.52. The van der Waals surface area contributed by atoms with Gasteiger partial charge in [-0.15, -0.1) is 0 Å². The van der Waals surface area contributed by atoms with Crippen LogP contribution in [0.3, 0.4) is 0 Å². The van der Waals surface area contributed by atoms with Crippen LogP contribution in [0.2, 0.25) is 0 Å². The van der Waals surface area contributed by atoms with Crippen molar-refractivity contribution in [2.24, 2.45) is 0 Å². The Hall–Kier alpha value is -1.52. The Labute approximate surface area is 127 Å². The van der Waals surface area contributed by atoms with E-state index in [-0.39, 0.29) is 0 Å². The van der Waals surface area contributed by atoms with Gasteiger partial charge in [0.2, 0.25) is 0 Å². The lowest BCUT2D eigenvalue weighted by Crippen LogP contribution is -1.98. The van der Waals surface area contributed by atoms with Crippen LogP contribution in [0.1, 0.15) is 11.1 Å². The van der Waals surface area contributed by atoms with Crippen molar-refractivity contribution in [3.63, 3.8) is 0 Å². The van der Waals surface area contributed by atoms with Crippen molar-refractivity contribution in [1.82, 2.24) is 0 Å². The third-order valence-corrected chi connectivity index (χ3v) is 3.63. The van der Waals surface area contributed by atoms with Gasteiger partial charge in [0.15, 0.2) is 0 Å². The fourth-order valence-corrected chi connectivity index (χ4v) is 2.20. The highest BCUT2D eigenvalue weighted by Gasteiger charge is 2.04. The maximum absolute atomic E-state index is 5.82. The summed E-state index contributed by atoms with van der Waals surface area (Å²) in [6.45, 7) is 1.06. The van der Waals surface area contributed by atoms with Gasteiger partial charge in [-0.3, -0.25) is 0 Å². The zero-order valence-electron chi connectivity index (χ0n) is 11.6. The van der Waals surface area contributed by atoms with Crippen LogP contribution >= 0.6 is 15.9 Å². The minimum atomic E-state index is 0.480. The van der Waals surface area contributed by atoms with Crippen molar-refractivity contribution in [2.75, 3.05) is 14.2 Å². The second-order valence-electron chi connectivity index (χ2n) is 4.33. The lowest BCUT2D eigenvalue weighted by Gasteiger charge is -2.10. The van der Waals surface area contributed by atoms with E-state index < -0.39 is 0 Å². The maximum atomic E-state index is 5.82. The molecule has 2 aromatic rings. The molecule has 4 heteroatoms. The molecule has 2 aromatic carbocycles. The molecule has 0 aliphatic heterocycles. The van der Waals surface area contributed by atoms with E-state index >= 15 is 0 Å². The summed E-state index contributed by atoms with van der Waals surface area (Å²) in [6.07, 6.45) is 0. The first-order chi connectivity index (χ1) is 9.72. The Morgan fingerprint density at radius 1 is 0.950 bits per heavy atom. The quantitative estimate of drug-likeness (QED) is 0.791. The first-order valence-electron chi connectivity index (χ1n) is 6.26. The molecule has 0 bridgehead atoms. The van der Waals surface area contributed by atoms with E-state index in [9.17, 15) is 0 Å². The van der Waals surface area contributed by atoms with E-state index in [2.05, 4.69) is 15.9 Å². The fourth-order valence-electron chi connectivity index (χ4n) is 1.84. The molecule has 0 radical (unpaired) electrons. The van der Waals surface area contributed by atoms with Crippen molar-refractivity contribution in [2.45, 2.75) is 13.2 Å². The van der Waals surface area contributed by atoms with E-state index in [1.165, 1.54) is 0 Å². The molecule has 0 saturated heterocycles. The van der Waals surface area contributed by atoms with Gasteiger partial charge in [0, 0.05) is 17.1 Å². The molecule has 0 amide bonds. The van der Waals surface area contributed by atoms with Gasteiger partial charge in [-0.1, -0.05) is 28.1 Å². The summed E-state index contributed by atoms with van der Waals surface area (Å²) in [4.78, 5) is 0. The van der Waals surface area contributed by atoms with E-state index in [0.29, 0.717) is 13.2 Å². The Kier molecular flexibility index (Phi) is 5.44. The van der Waals surface area contributed by atoms with Gasteiger partial charge >= 0.3 is 0 Å². The van der Waals surface area contributed by atoms with E-state index in [1.54, 1.807) is 14.2 Å². The minimum Gasteiger partial charge on any atom is -0.497 e. The minimum absolute atomic E-state index is 0.480. The molecular weight excluding hydrogens is 320 g/mol. The zero-order chi connectivity index (χ0) is 14.4. The largest absolute Gasteiger partial charge is 0.497 e. The van der Waals surface area contributed by atoms with Gasteiger partial charge in [-0.05, 0) is 35.9 Å². The van der Waals surface area contributed by atoms with Crippen LogP contribution in [-0.4, -0.2) is 14.2 Å². The lowest BCUT2D eigenvalue weighted by atomic mass is 10.2. The topological polar surface area (TPSA) is 27.7 Å². The second-order valence-corrected chi connectivity index (χ2v) is 5.18. The summed E-state index contributed by atoms with van der Waals surface area (Å²) in [5.74, 6) is 1.65. The molecular formula is C16H17BrO3. The van der Waals surface area contributed by atoms with Gasteiger partial charge < -0.3 is 14.2 Å². The number of rotatable bonds is 6. The van der Waals surface area contributed by atoms with E-state index in [4.69, 9.17) is 14.2 Å². The van der Waals surface area contributed by atoms with Gasteiger partial charge in [0.05, 0.1) is 13.7 Å². The van der Waals surface area contributed by atoms with Crippen molar-refractivity contribution < 1.29 is 14.2 Å².